The lowest BCUT2D eigenvalue weighted by Crippen LogP contribution is -2.45. The summed E-state index contributed by atoms with van der Waals surface area (Å²) in [4.78, 5) is 11.7. The number of hydrogen-bond acceptors (Lipinski definition) is 3. The Hall–Kier alpha value is -1.00. The van der Waals surface area contributed by atoms with Gasteiger partial charge in [-0.3, -0.25) is 4.79 Å². The minimum Gasteiger partial charge on any atom is -0.452 e. The molecule has 1 atom stereocenters. The van der Waals surface area contributed by atoms with Crippen LogP contribution in [-0.4, -0.2) is 25.0 Å². The van der Waals surface area contributed by atoms with E-state index in [0.29, 0.717) is 5.56 Å². The maximum atomic E-state index is 11.7. The standard InChI is InChI=1S/C10H13ClN2O2/c11-9-8(3-5-15-9)10(14)13-7-2-1-4-12-6-7/h3,5,7,12H,1-2,4,6H2,(H,13,14)/t7-/m0/s1. The highest BCUT2D eigenvalue weighted by atomic mass is 35.5. The van der Waals surface area contributed by atoms with Crippen LogP contribution in [0.3, 0.4) is 0 Å². The van der Waals surface area contributed by atoms with Crippen molar-refractivity contribution in [3.8, 4) is 0 Å². The van der Waals surface area contributed by atoms with Crippen LogP contribution in [0.4, 0.5) is 0 Å². The molecular formula is C10H13ClN2O2. The Morgan fingerprint density at radius 2 is 2.53 bits per heavy atom. The summed E-state index contributed by atoms with van der Waals surface area (Å²) in [5.41, 5.74) is 0.405. The maximum absolute atomic E-state index is 11.7. The Kier molecular flexibility index (Phi) is 3.28. The molecule has 1 saturated heterocycles. The van der Waals surface area contributed by atoms with E-state index in [1.807, 2.05) is 0 Å². The van der Waals surface area contributed by atoms with Crippen LogP contribution in [0.1, 0.15) is 23.2 Å². The van der Waals surface area contributed by atoms with Gasteiger partial charge in [0.15, 0.2) is 0 Å². The molecule has 0 aromatic carbocycles. The first-order valence-electron chi connectivity index (χ1n) is 5.02. The van der Waals surface area contributed by atoms with Crippen molar-refractivity contribution in [2.24, 2.45) is 0 Å². The fraction of sp³-hybridized carbons (Fsp3) is 0.500. The highest BCUT2D eigenvalue weighted by Crippen LogP contribution is 2.16. The summed E-state index contributed by atoms with van der Waals surface area (Å²) in [6.07, 6.45) is 3.51. The minimum atomic E-state index is -0.164. The lowest BCUT2D eigenvalue weighted by atomic mass is 10.1. The predicted molar refractivity (Wildman–Crippen MR) is 57.1 cm³/mol. The number of amides is 1. The van der Waals surface area contributed by atoms with Gasteiger partial charge in [0, 0.05) is 12.6 Å². The monoisotopic (exact) mass is 228 g/mol. The van der Waals surface area contributed by atoms with Crippen LogP contribution >= 0.6 is 11.6 Å². The Labute approximate surface area is 93.0 Å². The summed E-state index contributed by atoms with van der Waals surface area (Å²) in [5, 5.41) is 6.29. The number of rotatable bonds is 2. The maximum Gasteiger partial charge on any atom is 0.256 e. The zero-order chi connectivity index (χ0) is 10.7. The normalized spacial score (nSPS) is 21.3. The van der Waals surface area contributed by atoms with Crippen LogP contribution < -0.4 is 10.6 Å². The molecule has 1 amide bonds. The zero-order valence-corrected chi connectivity index (χ0v) is 9.01. The van der Waals surface area contributed by atoms with Gasteiger partial charge >= 0.3 is 0 Å². The highest BCUT2D eigenvalue weighted by molar-refractivity contribution is 6.32. The molecule has 2 N–H and O–H groups in total. The van der Waals surface area contributed by atoms with E-state index in [0.717, 1.165) is 25.9 Å². The summed E-state index contributed by atoms with van der Waals surface area (Å²) in [6, 6.07) is 1.77. The van der Waals surface area contributed by atoms with Crippen molar-refractivity contribution < 1.29 is 9.21 Å². The molecule has 15 heavy (non-hydrogen) atoms. The molecule has 2 rings (SSSR count). The Balaban J connectivity index is 1.94. The highest BCUT2D eigenvalue weighted by Gasteiger charge is 2.18. The van der Waals surface area contributed by atoms with Gasteiger partial charge in [-0.2, -0.15) is 0 Å². The molecular weight excluding hydrogens is 216 g/mol. The van der Waals surface area contributed by atoms with Crippen LogP contribution in [0, 0.1) is 0 Å². The van der Waals surface area contributed by atoms with Crippen LogP contribution in [0.2, 0.25) is 5.22 Å². The summed E-state index contributed by atoms with van der Waals surface area (Å²) in [5.74, 6) is -0.164. The number of furan rings is 1. The van der Waals surface area contributed by atoms with Gasteiger partial charge in [0.2, 0.25) is 5.22 Å². The number of nitrogens with one attached hydrogen (secondary N) is 2. The summed E-state index contributed by atoms with van der Waals surface area (Å²) >= 11 is 5.71. The lowest BCUT2D eigenvalue weighted by molar-refractivity contribution is 0.0930. The van der Waals surface area contributed by atoms with E-state index in [4.69, 9.17) is 16.0 Å². The SMILES string of the molecule is O=C(N[C@H]1CCCNC1)c1ccoc1Cl. The second-order valence-electron chi connectivity index (χ2n) is 3.62. The summed E-state index contributed by atoms with van der Waals surface area (Å²) in [7, 11) is 0. The van der Waals surface area contributed by atoms with Crippen molar-refractivity contribution in [2.75, 3.05) is 13.1 Å². The van der Waals surface area contributed by atoms with Crippen LogP contribution in [0.15, 0.2) is 16.7 Å². The van der Waals surface area contributed by atoms with Crippen LogP contribution in [0.5, 0.6) is 0 Å². The molecule has 0 saturated carbocycles. The average Bonchev–Trinajstić information content (AvgIpc) is 2.66. The first-order chi connectivity index (χ1) is 7.27. The largest absolute Gasteiger partial charge is 0.452 e. The van der Waals surface area contributed by atoms with E-state index in [-0.39, 0.29) is 17.2 Å². The van der Waals surface area contributed by atoms with Crippen LogP contribution in [-0.2, 0) is 0 Å². The molecule has 0 unspecified atom stereocenters. The van der Waals surface area contributed by atoms with Crippen molar-refractivity contribution in [1.82, 2.24) is 10.6 Å². The average molecular weight is 229 g/mol. The Morgan fingerprint density at radius 1 is 1.67 bits per heavy atom. The van der Waals surface area contributed by atoms with Crippen molar-refractivity contribution in [3.63, 3.8) is 0 Å². The molecule has 0 bridgehead atoms. The van der Waals surface area contributed by atoms with E-state index < -0.39 is 0 Å². The smallest absolute Gasteiger partial charge is 0.256 e. The predicted octanol–water partition coefficient (Wildman–Crippen LogP) is 1.41. The molecule has 5 heteroatoms. The fourth-order valence-electron chi connectivity index (χ4n) is 1.69. The third-order valence-corrected chi connectivity index (χ3v) is 2.79. The molecule has 0 aliphatic carbocycles. The minimum absolute atomic E-state index is 0.149. The summed E-state index contributed by atoms with van der Waals surface area (Å²) in [6.45, 7) is 1.85. The molecule has 1 aliphatic heterocycles. The van der Waals surface area contributed by atoms with Gasteiger partial charge in [-0.1, -0.05) is 0 Å². The van der Waals surface area contributed by atoms with Gasteiger partial charge < -0.3 is 15.1 Å². The van der Waals surface area contributed by atoms with E-state index in [9.17, 15) is 4.79 Å². The molecule has 1 fully saturated rings. The molecule has 0 spiro atoms. The van der Waals surface area contributed by atoms with Gasteiger partial charge in [0.05, 0.1) is 11.8 Å². The van der Waals surface area contributed by atoms with E-state index in [1.54, 1.807) is 6.07 Å². The van der Waals surface area contributed by atoms with E-state index in [2.05, 4.69) is 10.6 Å². The van der Waals surface area contributed by atoms with Gasteiger partial charge in [-0.05, 0) is 37.1 Å². The molecule has 4 nitrogen and oxygen atoms in total. The Morgan fingerprint density at radius 3 is 3.13 bits per heavy atom. The third-order valence-electron chi connectivity index (χ3n) is 2.49. The number of halogens is 1. The number of piperidine rings is 1. The molecule has 82 valence electrons. The molecule has 1 aromatic rings. The van der Waals surface area contributed by atoms with Crippen molar-refractivity contribution in [1.29, 1.82) is 0 Å². The topological polar surface area (TPSA) is 54.3 Å². The number of hydrogen-bond donors (Lipinski definition) is 2. The van der Waals surface area contributed by atoms with Gasteiger partial charge in [0.25, 0.3) is 5.91 Å². The molecule has 2 heterocycles. The second kappa shape index (κ2) is 4.68. The number of carbonyl (C=O) groups is 1. The van der Waals surface area contributed by atoms with Crippen LogP contribution in [0.25, 0.3) is 0 Å². The third kappa shape index (κ3) is 2.52. The molecule has 1 aliphatic rings. The van der Waals surface area contributed by atoms with E-state index >= 15 is 0 Å². The first kappa shape index (κ1) is 10.5. The quantitative estimate of drug-likeness (QED) is 0.805. The second-order valence-corrected chi connectivity index (χ2v) is 3.97. The van der Waals surface area contributed by atoms with Gasteiger partial charge in [0.1, 0.15) is 0 Å². The lowest BCUT2D eigenvalue weighted by Gasteiger charge is -2.23. The fourth-order valence-corrected chi connectivity index (χ4v) is 1.89. The van der Waals surface area contributed by atoms with Gasteiger partial charge in [-0.15, -0.1) is 0 Å². The number of carbonyl (C=O) groups excluding carboxylic acids is 1. The molecule has 0 radical (unpaired) electrons. The first-order valence-corrected chi connectivity index (χ1v) is 5.40. The summed E-state index contributed by atoms with van der Waals surface area (Å²) < 4.78 is 4.86. The van der Waals surface area contributed by atoms with Gasteiger partial charge in [-0.25, -0.2) is 0 Å². The van der Waals surface area contributed by atoms with Crippen molar-refractivity contribution in [2.45, 2.75) is 18.9 Å². The van der Waals surface area contributed by atoms with Crippen molar-refractivity contribution >= 4 is 17.5 Å². The zero-order valence-electron chi connectivity index (χ0n) is 8.25. The Bertz CT molecular complexity index is 345. The molecule has 1 aromatic heterocycles. The van der Waals surface area contributed by atoms with Crippen molar-refractivity contribution in [3.05, 3.63) is 23.1 Å². The van der Waals surface area contributed by atoms with E-state index in [1.165, 1.54) is 6.26 Å².